The van der Waals surface area contributed by atoms with E-state index in [0.29, 0.717) is 29.1 Å². The van der Waals surface area contributed by atoms with Crippen LogP contribution < -0.4 is 4.74 Å². The molecule has 1 atom stereocenters. The predicted molar refractivity (Wildman–Crippen MR) is 106 cm³/mol. The molecule has 7 heteroatoms. The van der Waals surface area contributed by atoms with Gasteiger partial charge in [-0.15, -0.1) is 0 Å². The quantitative estimate of drug-likeness (QED) is 0.639. The molecule has 1 aromatic carbocycles. The minimum Gasteiger partial charge on any atom is -0.492 e. The van der Waals surface area contributed by atoms with Crippen LogP contribution >= 0.6 is 35.0 Å². The average Bonchev–Trinajstić information content (AvgIpc) is 2.99. The van der Waals surface area contributed by atoms with E-state index in [2.05, 4.69) is 5.10 Å². The monoisotopic (exact) mass is 414 g/mol. The van der Waals surface area contributed by atoms with Crippen molar-refractivity contribution in [3.63, 3.8) is 0 Å². The summed E-state index contributed by atoms with van der Waals surface area (Å²) in [4.78, 5) is 0. The van der Waals surface area contributed by atoms with E-state index in [9.17, 15) is 4.39 Å². The van der Waals surface area contributed by atoms with Gasteiger partial charge in [0.15, 0.2) is 5.82 Å². The number of aromatic nitrogens is 2. The molecule has 140 valence electrons. The van der Waals surface area contributed by atoms with Gasteiger partial charge >= 0.3 is 0 Å². The first-order valence-corrected chi connectivity index (χ1v) is 11.0. The van der Waals surface area contributed by atoms with Crippen molar-refractivity contribution in [2.24, 2.45) is 5.92 Å². The second-order valence-corrected chi connectivity index (χ2v) is 8.88. The summed E-state index contributed by atoms with van der Waals surface area (Å²) in [6.45, 7) is 0.598. The number of aryl methyl sites for hydroxylation is 1. The Hall–Kier alpha value is -0.910. The first-order chi connectivity index (χ1) is 12.6. The smallest absolute Gasteiger partial charge is 0.150 e. The number of halogens is 3. The lowest BCUT2D eigenvalue weighted by Crippen LogP contribution is -2.18. The third kappa shape index (κ3) is 3.71. The van der Waals surface area contributed by atoms with Crippen molar-refractivity contribution < 1.29 is 9.13 Å². The van der Waals surface area contributed by atoms with E-state index < -0.39 is 5.82 Å². The molecule has 0 radical (unpaired) electrons. The van der Waals surface area contributed by atoms with Crippen LogP contribution in [0.4, 0.5) is 4.39 Å². The minimum absolute atomic E-state index is 0.280. The zero-order valence-corrected chi connectivity index (χ0v) is 16.8. The highest BCUT2D eigenvalue weighted by atomic mass is 35.5. The van der Waals surface area contributed by atoms with Crippen LogP contribution in [0.15, 0.2) is 12.1 Å². The summed E-state index contributed by atoms with van der Waals surface area (Å²) in [5, 5.41) is 5.32. The summed E-state index contributed by atoms with van der Waals surface area (Å²) in [5.41, 5.74) is 2.30. The van der Waals surface area contributed by atoms with Crippen molar-refractivity contribution in [1.82, 2.24) is 9.78 Å². The van der Waals surface area contributed by atoms with Crippen LogP contribution in [0.25, 0.3) is 5.69 Å². The van der Waals surface area contributed by atoms with Gasteiger partial charge in [0.1, 0.15) is 16.6 Å². The molecule has 0 amide bonds. The summed E-state index contributed by atoms with van der Waals surface area (Å²) < 4.78 is 22.0. The number of thioether (sulfide) groups is 1. The SMILES string of the molecule is Fc1cc(Cl)c(OCC2CCCSC2)cc1-n1nc2c(c1Cl)CCCC2. The molecule has 2 heterocycles. The van der Waals surface area contributed by atoms with E-state index in [0.717, 1.165) is 49.1 Å². The van der Waals surface area contributed by atoms with Gasteiger partial charge in [-0.25, -0.2) is 9.07 Å². The summed E-state index contributed by atoms with van der Waals surface area (Å²) in [7, 11) is 0. The number of hydrogen-bond donors (Lipinski definition) is 0. The number of nitrogens with zero attached hydrogens (tertiary/aromatic N) is 2. The topological polar surface area (TPSA) is 27.1 Å². The lowest BCUT2D eigenvalue weighted by Gasteiger charge is -2.22. The van der Waals surface area contributed by atoms with Crippen molar-refractivity contribution in [3.8, 4) is 11.4 Å². The molecule has 1 aromatic heterocycles. The first-order valence-electron chi connectivity index (χ1n) is 9.09. The Labute approximate surface area is 167 Å². The molecule has 26 heavy (non-hydrogen) atoms. The van der Waals surface area contributed by atoms with Crippen molar-refractivity contribution >= 4 is 35.0 Å². The van der Waals surface area contributed by atoms with Gasteiger partial charge in [-0.1, -0.05) is 23.2 Å². The van der Waals surface area contributed by atoms with Gasteiger partial charge in [-0.2, -0.15) is 16.9 Å². The summed E-state index contributed by atoms with van der Waals surface area (Å²) >= 11 is 14.7. The van der Waals surface area contributed by atoms with Crippen LogP contribution in [-0.4, -0.2) is 27.9 Å². The summed E-state index contributed by atoms with van der Waals surface area (Å²) in [5.74, 6) is 2.88. The number of hydrogen-bond acceptors (Lipinski definition) is 3. The lowest BCUT2D eigenvalue weighted by molar-refractivity contribution is 0.252. The van der Waals surface area contributed by atoms with Gasteiger partial charge in [0, 0.05) is 17.5 Å². The molecular weight excluding hydrogens is 394 g/mol. The molecule has 3 nitrogen and oxygen atoms in total. The van der Waals surface area contributed by atoms with Crippen LogP contribution in [0, 0.1) is 11.7 Å². The van der Waals surface area contributed by atoms with E-state index in [1.54, 1.807) is 6.07 Å². The highest BCUT2D eigenvalue weighted by molar-refractivity contribution is 7.99. The second-order valence-electron chi connectivity index (χ2n) is 6.96. The Morgan fingerprint density at radius 2 is 2.08 bits per heavy atom. The molecule has 1 saturated heterocycles. The Balaban J connectivity index is 1.61. The summed E-state index contributed by atoms with van der Waals surface area (Å²) in [6, 6.07) is 2.91. The number of ether oxygens (including phenoxy) is 1. The zero-order valence-electron chi connectivity index (χ0n) is 14.4. The van der Waals surface area contributed by atoms with Crippen molar-refractivity contribution in [1.29, 1.82) is 0 Å². The van der Waals surface area contributed by atoms with E-state index >= 15 is 0 Å². The molecule has 2 aliphatic rings. The molecule has 1 aliphatic carbocycles. The maximum absolute atomic E-state index is 14.6. The molecule has 1 fully saturated rings. The van der Waals surface area contributed by atoms with E-state index in [1.165, 1.54) is 22.9 Å². The van der Waals surface area contributed by atoms with Crippen LogP contribution in [-0.2, 0) is 12.8 Å². The Morgan fingerprint density at radius 3 is 2.85 bits per heavy atom. The van der Waals surface area contributed by atoms with Crippen LogP contribution in [0.5, 0.6) is 5.75 Å². The van der Waals surface area contributed by atoms with Gasteiger partial charge in [-0.05, 0) is 56.1 Å². The second kappa shape index (κ2) is 7.99. The van der Waals surface area contributed by atoms with Crippen molar-refractivity contribution in [2.45, 2.75) is 38.5 Å². The average molecular weight is 415 g/mol. The maximum atomic E-state index is 14.6. The molecule has 0 bridgehead atoms. The molecule has 0 saturated carbocycles. The largest absolute Gasteiger partial charge is 0.492 e. The Bertz CT molecular complexity index is 805. The van der Waals surface area contributed by atoms with Crippen LogP contribution in [0.3, 0.4) is 0 Å². The molecule has 0 N–H and O–H groups in total. The van der Waals surface area contributed by atoms with Crippen LogP contribution in [0.1, 0.15) is 36.9 Å². The lowest BCUT2D eigenvalue weighted by atomic mass is 9.99. The first kappa shape index (κ1) is 18.5. The standard InChI is InChI=1S/C19H21Cl2FN2OS/c20-14-8-15(22)17(9-18(14)25-10-12-4-3-7-26-11-12)24-19(21)13-5-1-2-6-16(13)23-24/h8-9,12H,1-7,10-11H2. The molecule has 1 unspecified atom stereocenters. The van der Waals surface area contributed by atoms with Gasteiger partial charge in [0.25, 0.3) is 0 Å². The summed E-state index contributed by atoms with van der Waals surface area (Å²) in [6.07, 6.45) is 6.35. The van der Waals surface area contributed by atoms with E-state index in [4.69, 9.17) is 27.9 Å². The van der Waals surface area contributed by atoms with Gasteiger partial charge in [0.05, 0.1) is 17.3 Å². The fourth-order valence-corrected chi connectivity index (χ4v) is 5.28. The molecule has 2 aromatic rings. The number of fused-ring (bicyclic) bond motifs is 1. The van der Waals surface area contributed by atoms with Crippen LogP contribution in [0.2, 0.25) is 10.2 Å². The third-order valence-corrected chi connectivity index (χ3v) is 7.02. The van der Waals surface area contributed by atoms with Gasteiger partial charge < -0.3 is 4.74 Å². The maximum Gasteiger partial charge on any atom is 0.150 e. The van der Waals surface area contributed by atoms with Crippen molar-refractivity contribution in [2.75, 3.05) is 18.1 Å². The normalized spacial score (nSPS) is 20.0. The van der Waals surface area contributed by atoms with E-state index in [-0.39, 0.29) is 5.02 Å². The van der Waals surface area contributed by atoms with Gasteiger partial charge in [-0.3, -0.25) is 0 Å². The number of benzene rings is 1. The van der Waals surface area contributed by atoms with E-state index in [1.807, 2.05) is 11.8 Å². The third-order valence-electron chi connectivity index (χ3n) is 5.05. The number of rotatable bonds is 4. The fourth-order valence-electron chi connectivity index (χ4n) is 3.61. The highest BCUT2D eigenvalue weighted by Crippen LogP contribution is 2.35. The fraction of sp³-hybridized carbons (Fsp3) is 0.526. The molecule has 4 rings (SSSR count). The van der Waals surface area contributed by atoms with Gasteiger partial charge in [0.2, 0.25) is 0 Å². The van der Waals surface area contributed by atoms with Crippen molar-refractivity contribution in [3.05, 3.63) is 39.4 Å². The predicted octanol–water partition coefficient (Wildman–Crippen LogP) is 5.72. The highest BCUT2D eigenvalue weighted by Gasteiger charge is 2.23. The molecular formula is C19H21Cl2FN2OS. The molecule has 1 aliphatic heterocycles. The molecule has 0 spiro atoms. The zero-order chi connectivity index (χ0) is 18.1. The Kier molecular flexibility index (Phi) is 5.67. The Morgan fingerprint density at radius 1 is 1.23 bits per heavy atom. The minimum atomic E-state index is -0.447.